The molecule has 154 valence electrons. The van der Waals surface area contributed by atoms with E-state index in [0.29, 0.717) is 26.2 Å². The van der Waals surface area contributed by atoms with Gasteiger partial charge in [-0.3, -0.25) is 10.1 Å². The molecule has 0 unspecified atom stereocenters. The maximum Gasteiger partial charge on any atom is 0.321 e. The van der Waals surface area contributed by atoms with E-state index in [4.69, 9.17) is 0 Å². The van der Waals surface area contributed by atoms with Crippen LogP contribution in [0.4, 0.5) is 21.9 Å². The van der Waals surface area contributed by atoms with Crippen LogP contribution in [-0.2, 0) is 6.42 Å². The van der Waals surface area contributed by atoms with E-state index in [9.17, 15) is 14.9 Å². The molecule has 1 saturated heterocycles. The van der Waals surface area contributed by atoms with Crippen molar-refractivity contribution in [3.05, 3.63) is 63.7 Å². The quantitative estimate of drug-likeness (QED) is 0.572. The number of rotatable bonds is 6. The lowest BCUT2D eigenvalue weighted by molar-refractivity contribution is -0.384. The van der Waals surface area contributed by atoms with E-state index in [1.807, 2.05) is 17.9 Å². The van der Waals surface area contributed by atoms with Crippen LogP contribution in [0.25, 0.3) is 0 Å². The Morgan fingerprint density at radius 1 is 1.10 bits per heavy atom. The number of anilines is 2. The first-order valence-electron chi connectivity index (χ1n) is 10.1. The second-order valence-corrected chi connectivity index (χ2v) is 7.43. The number of hydrogen-bond acceptors (Lipinski definition) is 4. The van der Waals surface area contributed by atoms with Crippen molar-refractivity contribution in [3.8, 4) is 0 Å². The Labute approximate surface area is 171 Å². The predicted octanol–water partition coefficient (Wildman–Crippen LogP) is 4.60. The molecule has 2 aromatic carbocycles. The molecule has 7 nitrogen and oxygen atoms in total. The van der Waals surface area contributed by atoms with E-state index in [2.05, 4.69) is 29.3 Å². The number of nitrogens with zero attached hydrogens (tertiary/aromatic N) is 3. The average molecular weight is 396 g/mol. The molecular formula is C22H28N4O3. The van der Waals surface area contributed by atoms with Gasteiger partial charge in [0.2, 0.25) is 0 Å². The normalized spacial score (nSPS) is 14.0. The molecule has 2 aromatic rings. The third-order valence-electron chi connectivity index (χ3n) is 5.34. The molecule has 0 aliphatic carbocycles. The number of amides is 2. The maximum absolute atomic E-state index is 12.7. The Hall–Kier alpha value is -3.09. The fourth-order valence-corrected chi connectivity index (χ4v) is 3.55. The molecule has 1 heterocycles. The van der Waals surface area contributed by atoms with Crippen LogP contribution in [0, 0.1) is 17.0 Å². The number of aryl methyl sites for hydroxylation is 2. The molecule has 2 amide bonds. The van der Waals surface area contributed by atoms with Crippen molar-refractivity contribution in [2.75, 3.05) is 36.4 Å². The summed E-state index contributed by atoms with van der Waals surface area (Å²) in [7, 11) is 0. The van der Waals surface area contributed by atoms with Crippen LogP contribution in [0.5, 0.6) is 0 Å². The van der Waals surface area contributed by atoms with Crippen molar-refractivity contribution in [1.29, 1.82) is 0 Å². The summed E-state index contributed by atoms with van der Waals surface area (Å²) in [5, 5.41) is 13.8. The van der Waals surface area contributed by atoms with Gasteiger partial charge in [0.25, 0.3) is 5.69 Å². The van der Waals surface area contributed by atoms with Gasteiger partial charge in [-0.2, -0.15) is 0 Å². The number of hydrogen-bond donors (Lipinski definition) is 1. The van der Waals surface area contributed by atoms with Crippen LogP contribution in [0.15, 0.2) is 42.5 Å². The monoisotopic (exact) mass is 396 g/mol. The number of carbonyl (C=O) groups is 1. The lowest BCUT2D eigenvalue weighted by Gasteiger charge is -2.36. The van der Waals surface area contributed by atoms with Crippen LogP contribution >= 0.6 is 0 Å². The van der Waals surface area contributed by atoms with Crippen LogP contribution in [-0.4, -0.2) is 42.0 Å². The molecule has 3 rings (SSSR count). The number of unbranched alkanes of at least 4 members (excludes halogenated alkanes) is 1. The highest BCUT2D eigenvalue weighted by molar-refractivity contribution is 5.90. The molecule has 1 aliphatic heterocycles. The van der Waals surface area contributed by atoms with Crippen molar-refractivity contribution in [3.63, 3.8) is 0 Å². The summed E-state index contributed by atoms with van der Waals surface area (Å²) in [6.45, 7) is 6.81. The summed E-state index contributed by atoms with van der Waals surface area (Å²) in [4.78, 5) is 27.0. The van der Waals surface area contributed by atoms with Crippen LogP contribution < -0.4 is 10.2 Å². The van der Waals surface area contributed by atoms with Crippen LogP contribution in [0.2, 0.25) is 0 Å². The molecule has 0 bridgehead atoms. The number of nitrogens with one attached hydrogen (secondary N) is 1. The zero-order chi connectivity index (χ0) is 20.8. The number of carbonyl (C=O) groups excluding carboxylic acids is 1. The van der Waals surface area contributed by atoms with E-state index in [-0.39, 0.29) is 11.7 Å². The molecule has 0 aromatic heterocycles. The standard InChI is InChI=1S/C22H28N4O3/c1-3-4-5-18-6-11-21(17(2)16-18)23-22(27)25-14-12-24(13-15-25)19-7-9-20(10-8-19)26(28)29/h6-11,16H,3-5,12-15H2,1-2H3,(H,23,27). The Morgan fingerprint density at radius 3 is 2.38 bits per heavy atom. The summed E-state index contributed by atoms with van der Waals surface area (Å²) in [5.74, 6) is 0. The van der Waals surface area contributed by atoms with Crippen molar-refractivity contribution in [2.24, 2.45) is 0 Å². The van der Waals surface area contributed by atoms with Gasteiger partial charge in [-0.15, -0.1) is 0 Å². The molecule has 29 heavy (non-hydrogen) atoms. The summed E-state index contributed by atoms with van der Waals surface area (Å²) >= 11 is 0. The first-order chi connectivity index (χ1) is 14.0. The van der Waals surface area contributed by atoms with Gasteiger partial charge in [0.15, 0.2) is 0 Å². The molecule has 0 spiro atoms. The molecule has 0 radical (unpaired) electrons. The Morgan fingerprint density at radius 2 is 1.79 bits per heavy atom. The zero-order valence-electron chi connectivity index (χ0n) is 17.1. The van der Waals surface area contributed by atoms with E-state index in [1.165, 1.54) is 30.5 Å². The summed E-state index contributed by atoms with van der Waals surface area (Å²) < 4.78 is 0. The van der Waals surface area contributed by atoms with Gasteiger partial charge in [0.05, 0.1) is 4.92 Å². The molecule has 0 saturated carbocycles. The molecule has 1 fully saturated rings. The second-order valence-electron chi connectivity index (χ2n) is 7.43. The highest BCUT2D eigenvalue weighted by Crippen LogP contribution is 2.22. The number of nitro benzene ring substituents is 1. The lowest BCUT2D eigenvalue weighted by Crippen LogP contribution is -2.50. The first kappa shape index (κ1) is 20.6. The van der Waals surface area contributed by atoms with Crippen molar-refractivity contribution < 1.29 is 9.72 Å². The molecule has 7 heteroatoms. The minimum atomic E-state index is -0.398. The number of non-ortho nitro benzene ring substituents is 1. The predicted molar refractivity (Wildman–Crippen MR) is 116 cm³/mol. The summed E-state index contributed by atoms with van der Waals surface area (Å²) in [6.07, 6.45) is 3.41. The Bertz CT molecular complexity index is 859. The fraction of sp³-hybridized carbons (Fsp3) is 0.409. The van der Waals surface area contributed by atoms with Crippen LogP contribution in [0.1, 0.15) is 30.9 Å². The van der Waals surface area contributed by atoms with Gasteiger partial charge in [0, 0.05) is 49.7 Å². The van der Waals surface area contributed by atoms with Crippen molar-refractivity contribution in [1.82, 2.24) is 4.90 Å². The number of nitro groups is 1. The third-order valence-corrected chi connectivity index (χ3v) is 5.34. The van der Waals surface area contributed by atoms with Gasteiger partial charge in [0.1, 0.15) is 0 Å². The largest absolute Gasteiger partial charge is 0.368 e. The molecule has 0 atom stereocenters. The summed E-state index contributed by atoms with van der Waals surface area (Å²) in [6, 6.07) is 12.7. The molecule has 1 N–H and O–H groups in total. The van der Waals surface area contributed by atoms with E-state index in [0.717, 1.165) is 23.4 Å². The highest BCUT2D eigenvalue weighted by atomic mass is 16.6. The summed E-state index contributed by atoms with van der Waals surface area (Å²) in [5.41, 5.74) is 4.26. The average Bonchev–Trinajstić information content (AvgIpc) is 2.74. The first-order valence-corrected chi connectivity index (χ1v) is 10.1. The smallest absolute Gasteiger partial charge is 0.321 e. The highest BCUT2D eigenvalue weighted by Gasteiger charge is 2.22. The Balaban J connectivity index is 1.54. The topological polar surface area (TPSA) is 78.7 Å². The number of piperazine rings is 1. The van der Waals surface area contributed by atoms with Gasteiger partial charge >= 0.3 is 6.03 Å². The molecular weight excluding hydrogens is 368 g/mol. The van der Waals surface area contributed by atoms with Gasteiger partial charge < -0.3 is 15.1 Å². The van der Waals surface area contributed by atoms with E-state index in [1.54, 1.807) is 12.1 Å². The van der Waals surface area contributed by atoms with Gasteiger partial charge in [-0.05, 0) is 49.1 Å². The van der Waals surface area contributed by atoms with Gasteiger partial charge in [-0.1, -0.05) is 25.5 Å². The van der Waals surface area contributed by atoms with E-state index < -0.39 is 4.92 Å². The number of benzene rings is 2. The Kier molecular flexibility index (Phi) is 6.69. The second kappa shape index (κ2) is 9.41. The maximum atomic E-state index is 12.7. The van der Waals surface area contributed by atoms with E-state index >= 15 is 0 Å². The SMILES string of the molecule is CCCCc1ccc(NC(=O)N2CCN(c3ccc([N+](=O)[O-])cc3)CC2)c(C)c1. The number of urea groups is 1. The fourth-order valence-electron chi connectivity index (χ4n) is 3.55. The minimum Gasteiger partial charge on any atom is -0.368 e. The third kappa shape index (κ3) is 5.25. The lowest BCUT2D eigenvalue weighted by atomic mass is 10.0. The van der Waals surface area contributed by atoms with Crippen LogP contribution in [0.3, 0.4) is 0 Å². The molecule has 1 aliphatic rings. The van der Waals surface area contributed by atoms with Crippen molar-refractivity contribution >= 4 is 23.1 Å². The zero-order valence-corrected chi connectivity index (χ0v) is 17.1. The van der Waals surface area contributed by atoms with Gasteiger partial charge in [-0.25, -0.2) is 4.79 Å². The minimum absolute atomic E-state index is 0.0854. The van der Waals surface area contributed by atoms with Crippen molar-refractivity contribution in [2.45, 2.75) is 33.1 Å².